The normalized spacial score (nSPS) is 17.0. The Morgan fingerprint density at radius 2 is 1.00 bits per heavy atom. The first kappa shape index (κ1) is 27.0. The molecule has 0 aromatic rings. The summed E-state index contributed by atoms with van der Waals surface area (Å²) >= 11 is 0. The van der Waals surface area contributed by atoms with Crippen molar-refractivity contribution in [3.05, 3.63) is 0 Å². The Balaban J connectivity index is 6.93. The van der Waals surface area contributed by atoms with Gasteiger partial charge >= 0.3 is 35.8 Å². The molecular formula is C16H23O13P. The van der Waals surface area contributed by atoms with Crippen LogP contribution in [-0.4, -0.2) is 83.9 Å². The summed E-state index contributed by atoms with van der Waals surface area (Å²) in [7, 11) is -4.89. The van der Waals surface area contributed by atoms with Gasteiger partial charge in [0.15, 0.2) is 0 Å². The zero-order chi connectivity index (χ0) is 23.8. The van der Waals surface area contributed by atoms with Crippen LogP contribution in [0.5, 0.6) is 0 Å². The van der Waals surface area contributed by atoms with E-state index >= 15 is 0 Å². The second-order valence-electron chi connectivity index (χ2n) is 6.58. The Hall–Kier alpha value is -2.95. The molecule has 0 rings (SSSR count). The maximum Gasteiger partial charge on any atom is 0.314 e. The number of carbonyl (C=O) groups is 6. The van der Waals surface area contributed by atoms with Crippen LogP contribution in [-0.2, 0) is 33.3 Å². The highest BCUT2D eigenvalue weighted by Gasteiger charge is 2.57. The summed E-state index contributed by atoms with van der Waals surface area (Å²) in [6.07, 6.45) is -3.21. The maximum absolute atomic E-state index is 13.8. The minimum atomic E-state index is -4.89. The molecule has 0 aliphatic rings. The molecule has 0 saturated heterocycles. The SMILES string of the molecule is CCCCP(=O)(C(C(=O)O)C(CC(=O)O)C(=O)O)C(C(=O)O)C(CC(=O)O)C(=O)O. The number of hydrogen-bond donors (Lipinski definition) is 6. The molecule has 14 heteroatoms. The van der Waals surface area contributed by atoms with Crippen LogP contribution < -0.4 is 0 Å². The molecule has 0 aliphatic heterocycles. The molecule has 0 aromatic heterocycles. The third-order valence-corrected chi connectivity index (χ3v) is 8.55. The Labute approximate surface area is 169 Å². The van der Waals surface area contributed by atoms with E-state index in [1.54, 1.807) is 6.92 Å². The molecule has 0 spiro atoms. The summed E-state index contributed by atoms with van der Waals surface area (Å²) in [6.45, 7) is 1.55. The number of hydrogen-bond acceptors (Lipinski definition) is 7. The second kappa shape index (κ2) is 11.3. The lowest BCUT2D eigenvalue weighted by atomic mass is 10.0. The van der Waals surface area contributed by atoms with Gasteiger partial charge in [0.25, 0.3) is 0 Å². The molecule has 4 atom stereocenters. The Bertz CT molecular complexity index is 702. The van der Waals surface area contributed by atoms with Crippen LogP contribution in [0.15, 0.2) is 0 Å². The van der Waals surface area contributed by atoms with Crippen LogP contribution in [0, 0.1) is 11.8 Å². The van der Waals surface area contributed by atoms with E-state index in [9.17, 15) is 53.8 Å². The molecule has 4 unspecified atom stereocenters. The van der Waals surface area contributed by atoms with Gasteiger partial charge in [-0.25, -0.2) is 0 Å². The van der Waals surface area contributed by atoms with Crippen LogP contribution in [0.25, 0.3) is 0 Å². The number of carboxylic acids is 6. The zero-order valence-electron chi connectivity index (χ0n) is 15.8. The lowest BCUT2D eigenvalue weighted by Gasteiger charge is -2.34. The molecule has 30 heavy (non-hydrogen) atoms. The molecule has 0 fully saturated rings. The number of aliphatic carboxylic acids is 6. The van der Waals surface area contributed by atoms with Gasteiger partial charge in [0, 0.05) is 6.16 Å². The average Bonchev–Trinajstić information content (AvgIpc) is 2.57. The van der Waals surface area contributed by atoms with Gasteiger partial charge < -0.3 is 35.2 Å². The predicted molar refractivity (Wildman–Crippen MR) is 97.0 cm³/mol. The molecule has 0 radical (unpaired) electrons. The Morgan fingerprint density at radius 1 is 0.667 bits per heavy atom. The predicted octanol–water partition coefficient (Wildman–Crippen LogP) is 0.407. The fourth-order valence-corrected chi connectivity index (χ4v) is 7.37. The summed E-state index contributed by atoms with van der Waals surface area (Å²) in [5.41, 5.74) is -5.09. The van der Waals surface area contributed by atoms with Crippen molar-refractivity contribution in [2.45, 2.75) is 43.9 Å². The smallest absolute Gasteiger partial charge is 0.314 e. The van der Waals surface area contributed by atoms with Crippen molar-refractivity contribution in [3.8, 4) is 0 Å². The van der Waals surface area contributed by atoms with E-state index in [4.69, 9.17) is 10.2 Å². The Kier molecular flexibility index (Phi) is 10.2. The Morgan fingerprint density at radius 3 is 1.20 bits per heavy atom. The molecule has 0 aromatic carbocycles. The molecule has 0 aliphatic carbocycles. The van der Waals surface area contributed by atoms with Gasteiger partial charge in [0.2, 0.25) is 0 Å². The van der Waals surface area contributed by atoms with Crippen LogP contribution in [0.4, 0.5) is 0 Å². The third kappa shape index (κ3) is 6.83. The van der Waals surface area contributed by atoms with E-state index in [0.717, 1.165) is 0 Å². The zero-order valence-corrected chi connectivity index (χ0v) is 16.7. The number of unbranched alkanes of at least 4 members (excludes halogenated alkanes) is 1. The topological polar surface area (TPSA) is 241 Å². The first-order valence-electron chi connectivity index (χ1n) is 8.63. The van der Waals surface area contributed by atoms with Crippen molar-refractivity contribution in [1.29, 1.82) is 0 Å². The monoisotopic (exact) mass is 454 g/mol. The van der Waals surface area contributed by atoms with Crippen molar-refractivity contribution in [1.82, 2.24) is 0 Å². The maximum atomic E-state index is 13.8. The molecule has 6 N–H and O–H groups in total. The molecular weight excluding hydrogens is 431 g/mol. The highest BCUT2D eigenvalue weighted by Crippen LogP contribution is 2.61. The molecule has 13 nitrogen and oxygen atoms in total. The van der Waals surface area contributed by atoms with E-state index < -0.39 is 85.1 Å². The summed E-state index contributed by atoms with van der Waals surface area (Å²) in [4.78, 5) is 69.0. The van der Waals surface area contributed by atoms with Crippen molar-refractivity contribution < 1.29 is 64.0 Å². The second-order valence-corrected chi connectivity index (χ2v) is 9.85. The largest absolute Gasteiger partial charge is 0.481 e. The standard InChI is InChI=1S/C16H23O13P/c1-2-3-4-30(29,11(15(25)26)7(13(21)22)5-9(17)18)12(16(27)28)8(14(23)24)6-10(19)20/h7-8,11-12H,2-6H2,1H3,(H,17,18)(H,19,20)(H,21,22)(H,23,24)(H,25,26)(H,27,28). The fourth-order valence-electron chi connectivity index (χ4n) is 3.23. The fraction of sp³-hybridized carbons (Fsp3) is 0.625. The van der Waals surface area contributed by atoms with E-state index in [1.165, 1.54) is 0 Å². The van der Waals surface area contributed by atoms with Crippen molar-refractivity contribution in [2.75, 3.05) is 6.16 Å². The van der Waals surface area contributed by atoms with Gasteiger partial charge in [-0.3, -0.25) is 28.8 Å². The van der Waals surface area contributed by atoms with Crippen molar-refractivity contribution >= 4 is 43.0 Å². The quantitative estimate of drug-likeness (QED) is 0.184. The van der Waals surface area contributed by atoms with E-state index in [0.29, 0.717) is 0 Å². The van der Waals surface area contributed by atoms with Crippen LogP contribution in [0.2, 0.25) is 0 Å². The van der Waals surface area contributed by atoms with E-state index in [2.05, 4.69) is 0 Å². The van der Waals surface area contributed by atoms with Crippen molar-refractivity contribution in [3.63, 3.8) is 0 Å². The molecule has 0 saturated carbocycles. The first-order chi connectivity index (χ1) is 13.7. The highest BCUT2D eigenvalue weighted by atomic mass is 31.2. The van der Waals surface area contributed by atoms with Crippen molar-refractivity contribution in [2.24, 2.45) is 11.8 Å². The van der Waals surface area contributed by atoms with Gasteiger partial charge in [-0.2, -0.15) is 0 Å². The van der Waals surface area contributed by atoms with Crippen LogP contribution in [0.1, 0.15) is 32.6 Å². The van der Waals surface area contributed by atoms with Gasteiger partial charge in [-0.1, -0.05) is 13.3 Å². The summed E-state index contributed by atoms with van der Waals surface area (Å²) in [5, 5.41) is 55.7. The van der Waals surface area contributed by atoms with Gasteiger partial charge in [-0.05, 0) is 6.42 Å². The number of carboxylic acid groups (broad SMARTS) is 6. The first-order valence-corrected chi connectivity index (χ1v) is 10.7. The lowest BCUT2D eigenvalue weighted by molar-refractivity contribution is -0.152. The van der Waals surface area contributed by atoms with E-state index in [-0.39, 0.29) is 12.8 Å². The van der Waals surface area contributed by atoms with E-state index in [1.807, 2.05) is 0 Å². The number of rotatable bonds is 15. The van der Waals surface area contributed by atoms with Crippen LogP contribution >= 0.6 is 7.14 Å². The van der Waals surface area contributed by atoms with Gasteiger partial charge in [0.05, 0.1) is 24.7 Å². The summed E-state index contributed by atoms with van der Waals surface area (Å²) in [6, 6.07) is 0. The lowest BCUT2D eigenvalue weighted by Crippen LogP contribution is -2.45. The highest BCUT2D eigenvalue weighted by molar-refractivity contribution is 7.67. The van der Waals surface area contributed by atoms with Gasteiger partial charge in [-0.15, -0.1) is 0 Å². The minimum Gasteiger partial charge on any atom is -0.481 e. The molecule has 0 heterocycles. The summed E-state index contributed by atoms with van der Waals surface area (Å²) < 4.78 is 13.8. The van der Waals surface area contributed by atoms with Gasteiger partial charge in [0.1, 0.15) is 18.5 Å². The molecule has 0 amide bonds. The molecule has 0 bridgehead atoms. The summed E-state index contributed by atoms with van der Waals surface area (Å²) in [5.74, 6) is -16.3. The third-order valence-electron chi connectivity index (χ3n) is 4.49. The average molecular weight is 454 g/mol. The minimum absolute atomic E-state index is 0.0936. The molecule has 170 valence electrons. The van der Waals surface area contributed by atoms with Crippen LogP contribution in [0.3, 0.4) is 0 Å².